The van der Waals surface area contributed by atoms with Gasteiger partial charge in [0, 0.05) is 22.6 Å². The Morgan fingerprint density at radius 3 is 2.62 bits per heavy atom. The minimum absolute atomic E-state index is 0.0260. The first kappa shape index (κ1) is 26.8. The number of carbonyl (C=O) groups excluding carboxylic acids is 2. The van der Waals surface area contributed by atoms with Gasteiger partial charge in [0.05, 0.1) is 18.4 Å². The molecule has 1 saturated carbocycles. The fourth-order valence-electron chi connectivity index (χ4n) is 5.20. The zero-order valence-electron chi connectivity index (χ0n) is 21.1. The number of ether oxygens (including phenoxy) is 2. The third-order valence-electron chi connectivity index (χ3n) is 7.45. The summed E-state index contributed by atoms with van der Waals surface area (Å²) in [5.74, 6) is 0.288. The van der Waals surface area contributed by atoms with E-state index in [2.05, 4.69) is 20.4 Å². The predicted octanol–water partition coefficient (Wildman–Crippen LogP) is 5.08. The van der Waals surface area contributed by atoms with E-state index in [-0.39, 0.29) is 28.9 Å². The van der Waals surface area contributed by atoms with Gasteiger partial charge in [-0.3, -0.25) is 9.59 Å². The number of amides is 2. The van der Waals surface area contributed by atoms with Gasteiger partial charge in [-0.1, -0.05) is 30.0 Å². The van der Waals surface area contributed by atoms with Gasteiger partial charge in [-0.2, -0.15) is 8.78 Å². The number of pyridine rings is 1. The largest absolute Gasteiger partial charge is 0.433 e. The van der Waals surface area contributed by atoms with Crippen LogP contribution in [0.1, 0.15) is 51.5 Å². The number of rotatable bonds is 6. The van der Waals surface area contributed by atoms with E-state index in [9.17, 15) is 18.4 Å². The molecule has 40 heavy (non-hydrogen) atoms. The Kier molecular flexibility index (Phi) is 7.27. The van der Waals surface area contributed by atoms with Gasteiger partial charge in [0.2, 0.25) is 0 Å². The van der Waals surface area contributed by atoms with Crippen molar-refractivity contribution in [2.75, 3.05) is 17.7 Å². The van der Waals surface area contributed by atoms with Gasteiger partial charge in [0.25, 0.3) is 11.8 Å². The maximum absolute atomic E-state index is 12.9. The molecule has 0 unspecified atom stereocenters. The van der Waals surface area contributed by atoms with E-state index in [0.29, 0.717) is 28.2 Å². The molecule has 9 nitrogen and oxygen atoms in total. The molecule has 2 aliphatic heterocycles. The zero-order chi connectivity index (χ0) is 27.7. The number of thiazole rings is 1. The molecule has 2 amide bonds. The number of amidine groups is 1. The fraction of sp³-hybridized carbons (Fsp3) is 0.370. The first-order chi connectivity index (χ1) is 19.3. The summed E-state index contributed by atoms with van der Waals surface area (Å²) in [6.07, 6.45) is 5.11. The SMILES string of the molecule is O=C(NC1=N[C@]2(c3nc(NC(=O)c4ccc(OC(F)F)cn4)cs3)COC3(CCC3)C[C@@H]2CS1)c1ccccc1. The fourth-order valence-corrected chi connectivity index (χ4v) is 7.30. The molecule has 1 saturated heterocycles. The second-order valence-corrected chi connectivity index (χ2v) is 11.8. The summed E-state index contributed by atoms with van der Waals surface area (Å²) in [7, 11) is 0. The van der Waals surface area contributed by atoms with Crippen molar-refractivity contribution in [1.29, 1.82) is 0 Å². The van der Waals surface area contributed by atoms with Gasteiger partial charge in [0.1, 0.15) is 27.8 Å². The van der Waals surface area contributed by atoms with Crippen LogP contribution in [0.2, 0.25) is 0 Å². The molecule has 1 aromatic carbocycles. The number of thioether (sulfide) groups is 1. The van der Waals surface area contributed by atoms with Crippen molar-refractivity contribution < 1.29 is 27.8 Å². The molecule has 208 valence electrons. The van der Waals surface area contributed by atoms with Crippen molar-refractivity contribution >= 4 is 45.9 Å². The summed E-state index contributed by atoms with van der Waals surface area (Å²) < 4.78 is 35.5. The third kappa shape index (κ3) is 5.32. The molecular weight excluding hydrogens is 560 g/mol. The quantitative estimate of drug-likeness (QED) is 0.415. The molecule has 4 heterocycles. The maximum atomic E-state index is 12.9. The number of alkyl halides is 2. The van der Waals surface area contributed by atoms with E-state index in [4.69, 9.17) is 14.7 Å². The summed E-state index contributed by atoms with van der Waals surface area (Å²) in [6.45, 7) is -2.65. The number of hydrogen-bond donors (Lipinski definition) is 2. The summed E-state index contributed by atoms with van der Waals surface area (Å²) in [5, 5.41) is 8.58. The number of nitrogens with one attached hydrogen (secondary N) is 2. The highest BCUT2D eigenvalue weighted by Crippen LogP contribution is 2.54. The summed E-state index contributed by atoms with van der Waals surface area (Å²) in [4.78, 5) is 39.3. The van der Waals surface area contributed by atoms with E-state index in [1.54, 1.807) is 17.5 Å². The monoisotopic (exact) mass is 585 g/mol. The van der Waals surface area contributed by atoms with Crippen molar-refractivity contribution in [2.24, 2.45) is 10.9 Å². The van der Waals surface area contributed by atoms with Crippen LogP contribution in [0, 0.1) is 5.92 Å². The minimum Gasteiger partial charge on any atom is -0.433 e. The number of nitrogens with zero attached hydrogens (tertiary/aromatic N) is 3. The molecule has 13 heteroatoms. The molecule has 0 bridgehead atoms. The van der Waals surface area contributed by atoms with Crippen LogP contribution in [-0.2, 0) is 10.3 Å². The number of aliphatic imine (C=N–C) groups is 1. The van der Waals surface area contributed by atoms with Crippen LogP contribution in [0.3, 0.4) is 0 Å². The molecule has 1 spiro atoms. The van der Waals surface area contributed by atoms with Crippen LogP contribution < -0.4 is 15.4 Å². The Balaban J connectivity index is 1.23. The lowest BCUT2D eigenvalue weighted by Crippen LogP contribution is -2.57. The van der Waals surface area contributed by atoms with Crippen LogP contribution in [0.4, 0.5) is 14.6 Å². The van der Waals surface area contributed by atoms with Gasteiger partial charge in [-0.15, -0.1) is 11.3 Å². The average Bonchev–Trinajstić information content (AvgIpc) is 3.41. The van der Waals surface area contributed by atoms with Crippen molar-refractivity contribution in [3.8, 4) is 5.75 Å². The molecular formula is C27H25F2N5O4S2. The van der Waals surface area contributed by atoms with Crippen LogP contribution in [0.25, 0.3) is 0 Å². The second kappa shape index (κ2) is 10.9. The van der Waals surface area contributed by atoms with E-state index in [0.717, 1.165) is 37.6 Å². The highest BCUT2D eigenvalue weighted by Gasteiger charge is 2.56. The average molecular weight is 586 g/mol. The summed E-state index contributed by atoms with van der Waals surface area (Å²) in [6, 6.07) is 11.5. The number of halogens is 2. The lowest BCUT2D eigenvalue weighted by molar-refractivity contribution is -0.169. The summed E-state index contributed by atoms with van der Waals surface area (Å²) >= 11 is 2.89. The van der Waals surface area contributed by atoms with E-state index in [1.807, 2.05) is 18.2 Å². The number of fused-ring (bicyclic) bond motifs is 1. The Hall–Kier alpha value is -3.42. The zero-order valence-corrected chi connectivity index (χ0v) is 22.8. The van der Waals surface area contributed by atoms with E-state index in [1.165, 1.54) is 35.2 Å². The van der Waals surface area contributed by atoms with Gasteiger partial charge < -0.3 is 20.1 Å². The second-order valence-electron chi connectivity index (χ2n) is 9.95. The maximum Gasteiger partial charge on any atom is 0.387 e. The highest BCUT2D eigenvalue weighted by molar-refractivity contribution is 8.13. The lowest BCUT2D eigenvalue weighted by Gasteiger charge is -2.54. The number of benzene rings is 1. The van der Waals surface area contributed by atoms with Gasteiger partial charge >= 0.3 is 6.61 Å². The Morgan fingerprint density at radius 1 is 1.10 bits per heavy atom. The molecule has 2 fully saturated rings. The first-order valence-corrected chi connectivity index (χ1v) is 14.6. The normalized spacial score (nSPS) is 23.1. The molecule has 2 aromatic heterocycles. The standard InChI is InChI=1S/C27H25F2N5O4S2/c28-24(29)38-18-7-8-19(30-12-18)22(36)31-20-14-39-23(32-20)27-15-37-26(9-4-10-26)11-17(27)13-40-25(34-27)33-21(35)16-5-2-1-3-6-16/h1-3,5-8,12,14,17,24H,4,9-11,13,15H2,(H,31,36)(H,33,34,35)/t17-,27-/m1/s1. The van der Waals surface area contributed by atoms with Crippen molar-refractivity contribution in [3.63, 3.8) is 0 Å². The van der Waals surface area contributed by atoms with Crippen molar-refractivity contribution in [3.05, 3.63) is 70.3 Å². The van der Waals surface area contributed by atoms with Gasteiger partial charge in [0.15, 0.2) is 5.17 Å². The summed E-state index contributed by atoms with van der Waals surface area (Å²) in [5.41, 5.74) is -0.351. The molecule has 0 radical (unpaired) electrons. The lowest BCUT2D eigenvalue weighted by atomic mass is 9.67. The molecule has 3 aromatic rings. The molecule has 2 atom stereocenters. The smallest absolute Gasteiger partial charge is 0.387 e. The number of carbonyl (C=O) groups is 2. The van der Waals surface area contributed by atoms with Crippen LogP contribution in [-0.4, -0.2) is 51.5 Å². The van der Waals surface area contributed by atoms with Gasteiger partial charge in [-0.05, 0) is 49.9 Å². The van der Waals surface area contributed by atoms with Crippen LogP contribution in [0.5, 0.6) is 5.75 Å². The number of anilines is 1. The first-order valence-electron chi connectivity index (χ1n) is 12.8. The van der Waals surface area contributed by atoms with Crippen LogP contribution in [0.15, 0.2) is 59.0 Å². The minimum atomic E-state index is -2.98. The van der Waals surface area contributed by atoms with E-state index >= 15 is 0 Å². The van der Waals surface area contributed by atoms with Crippen LogP contribution >= 0.6 is 23.1 Å². The number of hydrogen-bond acceptors (Lipinski definition) is 9. The highest BCUT2D eigenvalue weighted by atomic mass is 32.2. The third-order valence-corrected chi connectivity index (χ3v) is 9.49. The number of aromatic nitrogens is 2. The van der Waals surface area contributed by atoms with Gasteiger partial charge in [-0.25, -0.2) is 15.0 Å². The Labute approximate surface area is 236 Å². The van der Waals surface area contributed by atoms with Crippen molar-refractivity contribution in [2.45, 2.75) is 43.4 Å². The molecule has 6 rings (SSSR count). The topological polar surface area (TPSA) is 115 Å². The predicted molar refractivity (Wildman–Crippen MR) is 147 cm³/mol. The Bertz CT molecular complexity index is 1430. The molecule has 1 aliphatic carbocycles. The van der Waals surface area contributed by atoms with Crippen molar-refractivity contribution in [1.82, 2.24) is 15.3 Å². The Morgan fingerprint density at radius 2 is 1.93 bits per heavy atom. The molecule has 3 aliphatic rings. The van der Waals surface area contributed by atoms with E-state index < -0.39 is 18.1 Å². The molecule has 2 N–H and O–H groups in total.